The summed E-state index contributed by atoms with van der Waals surface area (Å²) in [4.78, 5) is 22.4. The average Bonchev–Trinajstić information content (AvgIpc) is 3.26. The molecule has 0 bridgehead atoms. The van der Waals surface area contributed by atoms with E-state index in [1.54, 1.807) is 28.8 Å². The molecular weight excluding hydrogens is 444 g/mol. The van der Waals surface area contributed by atoms with Crippen molar-refractivity contribution in [2.75, 3.05) is 10.6 Å². The summed E-state index contributed by atoms with van der Waals surface area (Å²) < 4.78 is 1.79. The molecule has 1 amide bonds. The second-order valence-electron chi connectivity index (χ2n) is 8.05. The number of rotatable bonds is 6. The summed E-state index contributed by atoms with van der Waals surface area (Å²) in [6.45, 7) is 3.87. The maximum absolute atomic E-state index is 13.5. The highest BCUT2D eigenvalue weighted by Gasteiger charge is 2.34. The SMILES string of the molecule is CC1=C(C(=O)Nc2ccccc2C)C(c2ccncc2)n2nc(SCc3ccccc3)nc2N1. The van der Waals surface area contributed by atoms with Gasteiger partial charge in [-0.25, -0.2) is 4.68 Å². The molecule has 0 radical (unpaired) electrons. The number of allylic oxidation sites excluding steroid dienone is 1. The second-order valence-corrected chi connectivity index (χ2v) is 9.00. The fourth-order valence-electron chi connectivity index (χ4n) is 3.97. The normalized spacial score (nSPS) is 14.9. The third-order valence-corrected chi connectivity index (χ3v) is 6.61. The van der Waals surface area contributed by atoms with Crippen molar-refractivity contribution in [1.29, 1.82) is 0 Å². The Morgan fingerprint density at radius 1 is 1.03 bits per heavy atom. The fraction of sp³-hybridized carbons (Fsp3) is 0.154. The van der Waals surface area contributed by atoms with Gasteiger partial charge in [-0.05, 0) is 48.7 Å². The van der Waals surface area contributed by atoms with Gasteiger partial charge in [0.2, 0.25) is 11.1 Å². The van der Waals surface area contributed by atoms with E-state index >= 15 is 0 Å². The number of hydrogen-bond donors (Lipinski definition) is 2. The number of amides is 1. The van der Waals surface area contributed by atoms with Gasteiger partial charge in [0, 0.05) is 29.5 Å². The molecule has 0 saturated carbocycles. The number of anilines is 2. The van der Waals surface area contributed by atoms with Gasteiger partial charge in [0.1, 0.15) is 6.04 Å². The number of nitrogens with zero attached hydrogens (tertiary/aromatic N) is 4. The topological polar surface area (TPSA) is 84.7 Å². The van der Waals surface area contributed by atoms with Crippen LogP contribution in [0.1, 0.15) is 29.7 Å². The quantitative estimate of drug-likeness (QED) is 0.378. The maximum Gasteiger partial charge on any atom is 0.255 e. The monoisotopic (exact) mass is 468 g/mol. The van der Waals surface area contributed by atoms with E-state index in [0.717, 1.165) is 28.3 Å². The van der Waals surface area contributed by atoms with Crippen molar-refractivity contribution in [3.63, 3.8) is 0 Å². The van der Waals surface area contributed by atoms with Gasteiger partial charge in [0.05, 0.1) is 5.57 Å². The van der Waals surface area contributed by atoms with Crippen LogP contribution in [0.5, 0.6) is 0 Å². The summed E-state index contributed by atoms with van der Waals surface area (Å²) in [6, 6.07) is 21.3. The summed E-state index contributed by atoms with van der Waals surface area (Å²) >= 11 is 1.57. The Morgan fingerprint density at radius 2 is 1.76 bits per heavy atom. The summed E-state index contributed by atoms with van der Waals surface area (Å²) in [7, 11) is 0. The first-order valence-electron chi connectivity index (χ1n) is 11.0. The first kappa shape index (κ1) is 21.9. The smallest absolute Gasteiger partial charge is 0.255 e. The molecule has 2 N–H and O–H groups in total. The molecule has 2 aromatic carbocycles. The van der Waals surface area contributed by atoms with E-state index in [1.807, 2.05) is 68.4 Å². The van der Waals surface area contributed by atoms with Gasteiger partial charge in [0.15, 0.2) is 0 Å². The Bertz CT molecular complexity index is 1350. The summed E-state index contributed by atoms with van der Waals surface area (Å²) in [6.07, 6.45) is 3.45. The Morgan fingerprint density at radius 3 is 2.53 bits per heavy atom. The van der Waals surface area contributed by atoms with Gasteiger partial charge in [-0.1, -0.05) is 60.3 Å². The highest BCUT2D eigenvalue weighted by molar-refractivity contribution is 7.98. The van der Waals surface area contributed by atoms with Crippen molar-refractivity contribution < 1.29 is 4.79 Å². The molecule has 5 rings (SSSR count). The zero-order valence-corrected chi connectivity index (χ0v) is 19.7. The van der Waals surface area contributed by atoms with Gasteiger partial charge >= 0.3 is 0 Å². The van der Waals surface area contributed by atoms with Crippen molar-refractivity contribution in [3.8, 4) is 0 Å². The molecule has 4 aromatic rings. The number of aryl methyl sites for hydroxylation is 1. The lowest BCUT2D eigenvalue weighted by molar-refractivity contribution is -0.113. The summed E-state index contributed by atoms with van der Waals surface area (Å²) in [5.74, 6) is 1.19. The minimum Gasteiger partial charge on any atom is -0.328 e. The van der Waals surface area contributed by atoms with Crippen molar-refractivity contribution in [3.05, 3.63) is 107 Å². The molecule has 0 aliphatic carbocycles. The van der Waals surface area contributed by atoms with E-state index in [2.05, 4.69) is 27.8 Å². The predicted octanol–water partition coefficient (Wildman–Crippen LogP) is 5.20. The van der Waals surface area contributed by atoms with E-state index < -0.39 is 6.04 Å². The molecule has 1 aliphatic heterocycles. The zero-order chi connectivity index (χ0) is 23.5. The number of thioether (sulfide) groups is 1. The van der Waals surface area contributed by atoms with Gasteiger partial charge in [-0.2, -0.15) is 4.98 Å². The average molecular weight is 469 g/mol. The van der Waals surface area contributed by atoms with Crippen LogP contribution >= 0.6 is 11.8 Å². The molecule has 2 aromatic heterocycles. The molecule has 1 unspecified atom stereocenters. The van der Waals surface area contributed by atoms with Crippen LogP contribution in [0.15, 0.2) is 95.6 Å². The molecule has 0 saturated heterocycles. The Labute approximate surface area is 202 Å². The number of benzene rings is 2. The molecule has 8 heteroatoms. The number of para-hydroxylation sites is 1. The number of nitrogens with one attached hydrogen (secondary N) is 2. The fourth-order valence-corrected chi connectivity index (χ4v) is 4.75. The van der Waals surface area contributed by atoms with Gasteiger partial charge in [-0.3, -0.25) is 9.78 Å². The van der Waals surface area contributed by atoms with Crippen molar-refractivity contribution in [2.45, 2.75) is 30.8 Å². The molecule has 7 nitrogen and oxygen atoms in total. The minimum absolute atomic E-state index is 0.180. The van der Waals surface area contributed by atoms with Crippen LogP contribution in [0.3, 0.4) is 0 Å². The standard InChI is InChI=1S/C26H24N6OS/c1-17-8-6-7-11-21(17)29-24(33)22-18(2)28-25-30-26(34-16-19-9-4-3-5-10-19)31-32(25)23(22)20-12-14-27-15-13-20/h3-15,23H,16H2,1-2H3,(H,29,33)(H,28,30,31). The Hall–Kier alpha value is -3.91. The van der Waals surface area contributed by atoms with Gasteiger partial charge in [-0.15, -0.1) is 5.10 Å². The second kappa shape index (κ2) is 9.52. The molecule has 34 heavy (non-hydrogen) atoms. The van der Waals surface area contributed by atoms with E-state index in [4.69, 9.17) is 10.1 Å². The van der Waals surface area contributed by atoms with Crippen LogP contribution in [0.25, 0.3) is 0 Å². The lowest BCUT2D eigenvalue weighted by atomic mass is 9.95. The third-order valence-electron chi connectivity index (χ3n) is 5.70. The third kappa shape index (κ3) is 4.45. The zero-order valence-electron chi connectivity index (χ0n) is 18.9. The molecule has 1 atom stereocenters. The number of hydrogen-bond acceptors (Lipinski definition) is 6. The molecule has 0 spiro atoms. The van der Waals surface area contributed by atoms with Gasteiger partial charge in [0.25, 0.3) is 5.91 Å². The molecule has 0 fully saturated rings. The van der Waals surface area contributed by atoms with E-state index in [9.17, 15) is 4.79 Å². The number of fused-ring (bicyclic) bond motifs is 1. The lowest BCUT2D eigenvalue weighted by Gasteiger charge is -2.28. The van der Waals surface area contributed by atoms with Crippen LogP contribution in [0.2, 0.25) is 0 Å². The summed E-state index contributed by atoms with van der Waals surface area (Å²) in [5, 5.41) is 11.8. The van der Waals surface area contributed by atoms with Gasteiger partial charge < -0.3 is 10.6 Å². The number of carbonyl (C=O) groups excluding carboxylic acids is 1. The van der Waals surface area contributed by atoms with E-state index in [0.29, 0.717) is 16.7 Å². The number of pyridine rings is 1. The van der Waals surface area contributed by atoms with Crippen LogP contribution in [0.4, 0.5) is 11.6 Å². The first-order valence-corrected chi connectivity index (χ1v) is 12.0. The van der Waals surface area contributed by atoms with Crippen LogP contribution < -0.4 is 10.6 Å². The Balaban J connectivity index is 1.49. The largest absolute Gasteiger partial charge is 0.328 e. The van der Waals surface area contributed by atoms with Crippen LogP contribution in [-0.2, 0) is 10.5 Å². The Kier molecular flexibility index (Phi) is 6.14. The molecule has 1 aliphatic rings. The number of aromatic nitrogens is 4. The molecule has 170 valence electrons. The van der Waals surface area contributed by atoms with E-state index in [1.165, 1.54) is 5.56 Å². The lowest BCUT2D eigenvalue weighted by Crippen LogP contribution is -2.31. The van der Waals surface area contributed by atoms with Crippen molar-refractivity contribution in [2.24, 2.45) is 0 Å². The maximum atomic E-state index is 13.5. The predicted molar refractivity (Wildman–Crippen MR) is 135 cm³/mol. The molecule has 3 heterocycles. The van der Waals surface area contributed by atoms with Crippen LogP contribution in [-0.4, -0.2) is 25.7 Å². The van der Waals surface area contributed by atoms with Crippen molar-refractivity contribution in [1.82, 2.24) is 19.7 Å². The molecular formula is C26H24N6OS. The highest BCUT2D eigenvalue weighted by atomic mass is 32.2. The highest BCUT2D eigenvalue weighted by Crippen LogP contribution is 2.37. The minimum atomic E-state index is -0.429. The first-order chi connectivity index (χ1) is 16.6. The van der Waals surface area contributed by atoms with Crippen LogP contribution in [0, 0.1) is 6.92 Å². The summed E-state index contributed by atoms with van der Waals surface area (Å²) in [5.41, 5.74) is 5.23. The van der Waals surface area contributed by atoms with Crippen molar-refractivity contribution >= 4 is 29.3 Å². The number of carbonyl (C=O) groups is 1. The van der Waals surface area contributed by atoms with E-state index in [-0.39, 0.29) is 5.91 Å².